The lowest BCUT2D eigenvalue weighted by Crippen LogP contribution is -2.28. The molecule has 0 fully saturated rings. The van der Waals surface area contributed by atoms with Crippen molar-refractivity contribution in [1.82, 2.24) is 0 Å². The predicted octanol–water partition coefficient (Wildman–Crippen LogP) is 6.59. The summed E-state index contributed by atoms with van der Waals surface area (Å²) in [5.41, 5.74) is 6.97. The zero-order valence-electron chi connectivity index (χ0n) is 17.1. The van der Waals surface area contributed by atoms with Gasteiger partial charge in [0.05, 0.1) is 0 Å². The maximum absolute atomic E-state index is 12.1. The van der Waals surface area contributed by atoms with Crippen LogP contribution in [0.3, 0.4) is 0 Å². The molecule has 0 N–H and O–H groups in total. The van der Waals surface area contributed by atoms with E-state index in [0.29, 0.717) is 6.54 Å². The highest BCUT2D eigenvalue weighted by Gasteiger charge is 2.15. The number of rotatable bonds is 7. The minimum atomic E-state index is -0.0855. The molecule has 0 aliphatic carbocycles. The molecule has 0 aromatic heterocycles. The van der Waals surface area contributed by atoms with Gasteiger partial charge in [-0.15, -0.1) is 0 Å². The third-order valence-corrected chi connectivity index (χ3v) is 5.06. The van der Waals surface area contributed by atoms with E-state index in [2.05, 4.69) is 74.2 Å². The van der Waals surface area contributed by atoms with E-state index >= 15 is 0 Å². The molecule has 3 aromatic carbocycles. The van der Waals surface area contributed by atoms with E-state index in [-0.39, 0.29) is 5.91 Å². The van der Waals surface area contributed by atoms with Crippen LogP contribution in [0, 0.1) is 0 Å². The molecule has 29 heavy (non-hydrogen) atoms. The van der Waals surface area contributed by atoms with E-state index in [1.165, 1.54) is 28.3 Å². The van der Waals surface area contributed by atoms with Gasteiger partial charge in [0.25, 0.3) is 0 Å². The van der Waals surface area contributed by atoms with Crippen LogP contribution in [0.5, 0.6) is 0 Å². The molecule has 0 bridgehead atoms. The Hall–Kier alpha value is -3.39. The summed E-state index contributed by atoms with van der Waals surface area (Å²) in [5.74, 6) is -0.0855. The summed E-state index contributed by atoms with van der Waals surface area (Å²) in [6, 6.07) is 29.3. The number of hydrogen-bond donors (Lipinski definition) is 0. The molecule has 0 unspecified atom stereocenters. The third-order valence-electron chi connectivity index (χ3n) is 5.06. The van der Waals surface area contributed by atoms with Crippen LogP contribution in [-0.2, 0) is 4.79 Å². The number of anilines is 1. The molecule has 0 heterocycles. The van der Waals surface area contributed by atoms with Gasteiger partial charge in [-0.1, -0.05) is 86.3 Å². The Balaban J connectivity index is 2.14. The summed E-state index contributed by atoms with van der Waals surface area (Å²) in [6.45, 7) is 8.38. The zero-order valence-corrected chi connectivity index (χ0v) is 17.1. The van der Waals surface area contributed by atoms with Crippen molar-refractivity contribution in [3.05, 3.63) is 114 Å². The third kappa shape index (κ3) is 4.55. The molecule has 0 radical (unpaired) electrons. The van der Waals surface area contributed by atoms with Crippen LogP contribution in [0.25, 0.3) is 11.1 Å². The van der Waals surface area contributed by atoms with Gasteiger partial charge >= 0.3 is 0 Å². The largest absolute Gasteiger partial charge is 0.309 e. The number of benzene rings is 3. The quantitative estimate of drug-likeness (QED) is 0.334. The van der Waals surface area contributed by atoms with Crippen molar-refractivity contribution in [2.45, 2.75) is 20.3 Å². The molecule has 146 valence electrons. The first-order chi connectivity index (χ1) is 14.2. The van der Waals surface area contributed by atoms with Crippen molar-refractivity contribution < 1.29 is 4.79 Å². The molecule has 0 saturated carbocycles. The normalized spacial score (nSPS) is 11.5. The van der Waals surface area contributed by atoms with Gasteiger partial charge in [-0.2, -0.15) is 0 Å². The molecule has 2 nitrogen and oxygen atoms in total. The molecular weight excluding hydrogens is 354 g/mol. The van der Waals surface area contributed by atoms with Crippen LogP contribution in [-0.4, -0.2) is 12.5 Å². The number of allylic oxidation sites excluding steroid dienone is 1. The van der Waals surface area contributed by atoms with Crippen LogP contribution in [0.1, 0.15) is 37.0 Å². The van der Waals surface area contributed by atoms with Gasteiger partial charge < -0.3 is 4.90 Å². The SMILES string of the molecule is C=CC(=O)N(CC)c1ccc(C(=C(CC)c2ccccc2)c2ccccc2)cc1. The number of hydrogen-bond acceptors (Lipinski definition) is 1. The molecule has 0 spiro atoms. The molecule has 0 aliphatic rings. The molecule has 1 amide bonds. The highest BCUT2D eigenvalue weighted by Crippen LogP contribution is 2.35. The molecule has 3 aromatic rings. The fourth-order valence-corrected chi connectivity index (χ4v) is 3.67. The highest BCUT2D eigenvalue weighted by atomic mass is 16.2. The number of amides is 1. The fourth-order valence-electron chi connectivity index (χ4n) is 3.67. The minimum absolute atomic E-state index is 0.0855. The van der Waals surface area contributed by atoms with Crippen molar-refractivity contribution in [2.75, 3.05) is 11.4 Å². The van der Waals surface area contributed by atoms with Gasteiger partial charge in [-0.05, 0) is 59.4 Å². The number of likely N-dealkylation sites (N-methyl/N-ethyl adjacent to an activating group) is 1. The van der Waals surface area contributed by atoms with Crippen LogP contribution >= 0.6 is 0 Å². The average Bonchev–Trinajstić information content (AvgIpc) is 2.79. The van der Waals surface area contributed by atoms with Crippen molar-refractivity contribution in [3.8, 4) is 0 Å². The van der Waals surface area contributed by atoms with E-state index in [1.54, 1.807) is 4.90 Å². The van der Waals surface area contributed by atoms with Gasteiger partial charge in [0.15, 0.2) is 0 Å². The first-order valence-electron chi connectivity index (χ1n) is 10.1. The monoisotopic (exact) mass is 381 g/mol. The Morgan fingerprint density at radius 3 is 1.79 bits per heavy atom. The Bertz CT molecular complexity index is 986. The van der Waals surface area contributed by atoms with E-state index < -0.39 is 0 Å². The zero-order chi connectivity index (χ0) is 20.6. The molecule has 0 saturated heterocycles. The summed E-state index contributed by atoms with van der Waals surface area (Å²) in [6.07, 6.45) is 2.28. The second-order valence-electron chi connectivity index (χ2n) is 6.77. The van der Waals surface area contributed by atoms with E-state index in [4.69, 9.17) is 0 Å². The predicted molar refractivity (Wildman–Crippen MR) is 124 cm³/mol. The van der Waals surface area contributed by atoms with Crippen molar-refractivity contribution >= 4 is 22.7 Å². The summed E-state index contributed by atoms with van der Waals surface area (Å²) in [4.78, 5) is 13.8. The van der Waals surface area contributed by atoms with E-state index in [9.17, 15) is 4.79 Å². The molecule has 2 heteroatoms. The van der Waals surface area contributed by atoms with Crippen LogP contribution in [0.15, 0.2) is 97.6 Å². The lowest BCUT2D eigenvalue weighted by Gasteiger charge is -2.21. The number of carbonyl (C=O) groups is 1. The van der Waals surface area contributed by atoms with Crippen LogP contribution in [0.4, 0.5) is 5.69 Å². The maximum atomic E-state index is 12.1. The van der Waals surface area contributed by atoms with Gasteiger partial charge in [-0.3, -0.25) is 4.79 Å². The number of nitrogens with zero attached hydrogens (tertiary/aromatic N) is 1. The first-order valence-corrected chi connectivity index (χ1v) is 10.1. The standard InChI is InChI=1S/C27H27NO/c1-4-25(21-13-9-7-10-14-21)27(22-15-11-8-12-16-22)23-17-19-24(20-18-23)28(6-3)26(29)5-2/h5,7-20H,2,4,6H2,1,3H3. The lowest BCUT2D eigenvalue weighted by atomic mass is 9.88. The van der Waals surface area contributed by atoms with Crippen LogP contribution < -0.4 is 4.90 Å². The molecule has 3 rings (SSSR count). The van der Waals surface area contributed by atoms with Crippen molar-refractivity contribution in [2.24, 2.45) is 0 Å². The number of carbonyl (C=O) groups excluding carboxylic acids is 1. The topological polar surface area (TPSA) is 20.3 Å². The Labute approximate surface area is 173 Å². The van der Waals surface area contributed by atoms with Gasteiger partial charge in [0.2, 0.25) is 5.91 Å². The van der Waals surface area contributed by atoms with Crippen LogP contribution in [0.2, 0.25) is 0 Å². The Morgan fingerprint density at radius 1 is 0.793 bits per heavy atom. The Morgan fingerprint density at radius 2 is 1.31 bits per heavy atom. The molecule has 0 aliphatic heterocycles. The summed E-state index contributed by atoms with van der Waals surface area (Å²) >= 11 is 0. The van der Waals surface area contributed by atoms with Gasteiger partial charge in [0, 0.05) is 12.2 Å². The average molecular weight is 382 g/mol. The van der Waals surface area contributed by atoms with Gasteiger partial charge in [-0.25, -0.2) is 0 Å². The van der Waals surface area contributed by atoms with Crippen molar-refractivity contribution in [1.29, 1.82) is 0 Å². The summed E-state index contributed by atoms with van der Waals surface area (Å²) in [5, 5.41) is 0. The second kappa shape index (κ2) is 9.70. The van der Waals surface area contributed by atoms with E-state index in [1.807, 2.05) is 31.2 Å². The molecule has 0 atom stereocenters. The highest BCUT2D eigenvalue weighted by molar-refractivity contribution is 6.02. The Kier molecular flexibility index (Phi) is 6.80. The van der Waals surface area contributed by atoms with Gasteiger partial charge in [0.1, 0.15) is 0 Å². The maximum Gasteiger partial charge on any atom is 0.250 e. The summed E-state index contributed by atoms with van der Waals surface area (Å²) in [7, 11) is 0. The lowest BCUT2D eigenvalue weighted by molar-refractivity contribution is -0.114. The second-order valence-corrected chi connectivity index (χ2v) is 6.77. The molecular formula is C27H27NO. The minimum Gasteiger partial charge on any atom is -0.309 e. The van der Waals surface area contributed by atoms with Crippen molar-refractivity contribution in [3.63, 3.8) is 0 Å². The fraction of sp³-hybridized carbons (Fsp3) is 0.148. The van der Waals surface area contributed by atoms with E-state index in [0.717, 1.165) is 17.7 Å². The first kappa shape index (κ1) is 20.3. The summed E-state index contributed by atoms with van der Waals surface area (Å²) < 4.78 is 0. The smallest absolute Gasteiger partial charge is 0.250 e.